The van der Waals surface area contributed by atoms with Crippen LogP contribution in [0.5, 0.6) is 0 Å². The monoisotopic (exact) mass is 224 g/mol. The summed E-state index contributed by atoms with van der Waals surface area (Å²) in [6.45, 7) is 5.30. The molecule has 0 aliphatic rings. The second-order valence-electron chi connectivity index (χ2n) is 4.78. The number of rotatable bonds is 2. The van der Waals surface area contributed by atoms with Crippen LogP contribution in [-0.4, -0.2) is 15.6 Å². The van der Waals surface area contributed by atoms with Crippen LogP contribution in [0.25, 0.3) is 0 Å². The molecule has 16 heavy (non-hydrogen) atoms. The molecule has 0 radical (unpaired) electrons. The average Bonchev–Trinajstić information content (AvgIpc) is 2.09. The number of carboxylic acid groups (broad SMARTS) is 1. The lowest BCUT2D eigenvalue weighted by molar-refractivity contribution is -0.144. The summed E-state index contributed by atoms with van der Waals surface area (Å²) >= 11 is 0. The lowest BCUT2D eigenvalue weighted by atomic mass is 9.86. The Morgan fingerprint density at radius 3 is 2.50 bits per heavy atom. The Hall–Kier alpha value is -1.78. The van der Waals surface area contributed by atoms with E-state index in [0.717, 1.165) is 4.57 Å². The third-order valence-electron chi connectivity index (χ3n) is 2.34. The molecule has 3 N–H and O–H groups in total. The van der Waals surface area contributed by atoms with Gasteiger partial charge in [0.1, 0.15) is 6.04 Å². The van der Waals surface area contributed by atoms with Crippen LogP contribution in [0.2, 0.25) is 0 Å². The molecule has 88 valence electrons. The van der Waals surface area contributed by atoms with Crippen molar-refractivity contribution in [1.29, 1.82) is 0 Å². The molecule has 1 unspecified atom stereocenters. The van der Waals surface area contributed by atoms with Crippen molar-refractivity contribution < 1.29 is 9.90 Å². The number of aromatic nitrogens is 1. The fraction of sp³-hybridized carbons (Fsp3) is 0.455. The lowest BCUT2D eigenvalue weighted by Gasteiger charge is -2.28. The van der Waals surface area contributed by atoms with Crippen LogP contribution in [0, 0.1) is 5.41 Å². The fourth-order valence-electron chi connectivity index (χ4n) is 1.64. The molecule has 5 nitrogen and oxygen atoms in total. The molecule has 0 spiro atoms. The minimum atomic E-state index is -1.04. The Morgan fingerprint density at radius 2 is 2.06 bits per heavy atom. The molecule has 1 aromatic heterocycles. The Bertz CT molecular complexity index is 457. The van der Waals surface area contributed by atoms with Gasteiger partial charge in [-0.05, 0) is 17.5 Å². The van der Waals surface area contributed by atoms with E-state index in [1.165, 1.54) is 12.3 Å². The normalized spacial score (nSPS) is 13.4. The van der Waals surface area contributed by atoms with E-state index >= 15 is 0 Å². The van der Waals surface area contributed by atoms with Gasteiger partial charge in [0.15, 0.2) is 0 Å². The van der Waals surface area contributed by atoms with Crippen molar-refractivity contribution in [1.82, 2.24) is 4.57 Å². The predicted molar refractivity (Wildman–Crippen MR) is 61.2 cm³/mol. The molecule has 0 saturated carbocycles. The first-order valence-corrected chi connectivity index (χ1v) is 4.94. The zero-order valence-corrected chi connectivity index (χ0v) is 9.60. The summed E-state index contributed by atoms with van der Waals surface area (Å²) in [6.07, 6.45) is 1.45. The Labute approximate surface area is 93.5 Å². The Balaban J connectivity index is 3.39. The molecule has 1 aromatic rings. The van der Waals surface area contributed by atoms with Crippen LogP contribution in [0.15, 0.2) is 23.1 Å². The number of nitrogen functional groups attached to an aromatic ring is 1. The number of carbonyl (C=O) groups is 1. The van der Waals surface area contributed by atoms with Crippen molar-refractivity contribution in [2.75, 3.05) is 5.73 Å². The van der Waals surface area contributed by atoms with Gasteiger partial charge in [0.05, 0.1) is 5.69 Å². The van der Waals surface area contributed by atoms with Crippen LogP contribution in [-0.2, 0) is 4.79 Å². The van der Waals surface area contributed by atoms with Gasteiger partial charge in [-0.25, -0.2) is 4.79 Å². The number of pyridine rings is 1. The van der Waals surface area contributed by atoms with Gasteiger partial charge in [-0.2, -0.15) is 0 Å². The highest BCUT2D eigenvalue weighted by molar-refractivity contribution is 5.73. The lowest BCUT2D eigenvalue weighted by Crippen LogP contribution is -2.38. The molecule has 0 aromatic carbocycles. The summed E-state index contributed by atoms with van der Waals surface area (Å²) in [5.41, 5.74) is 4.50. The number of hydrogen-bond donors (Lipinski definition) is 2. The van der Waals surface area contributed by atoms with Gasteiger partial charge in [0.2, 0.25) is 0 Å². The highest BCUT2D eigenvalue weighted by Crippen LogP contribution is 2.29. The van der Waals surface area contributed by atoms with Crippen molar-refractivity contribution in [3.63, 3.8) is 0 Å². The zero-order valence-electron chi connectivity index (χ0n) is 9.60. The number of hydrogen-bond acceptors (Lipinski definition) is 3. The highest BCUT2D eigenvalue weighted by atomic mass is 16.4. The van der Waals surface area contributed by atoms with E-state index < -0.39 is 23.0 Å². The third kappa shape index (κ3) is 2.24. The smallest absolute Gasteiger partial charge is 0.327 e. The van der Waals surface area contributed by atoms with Gasteiger partial charge in [0.25, 0.3) is 5.56 Å². The summed E-state index contributed by atoms with van der Waals surface area (Å²) in [4.78, 5) is 22.9. The van der Waals surface area contributed by atoms with Crippen LogP contribution >= 0.6 is 0 Å². The van der Waals surface area contributed by atoms with Gasteiger partial charge in [0, 0.05) is 6.20 Å². The van der Waals surface area contributed by atoms with Crippen molar-refractivity contribution in [3.8, 4) is 0 Å². The molecule has 1 rings (SSSR count). The molecule has 0 saturated heterocycles. The van der Waals surface area contributed by atoms with Gasteiger partial charge in [-0.3, -0.25) is 9.36 Å². The molecule has 0 amide bonds. The number of nitrogens with two attached hydrogens (primary N) is 1. The van der Waals surface area contributed by atoms with Crippen LogP contribution < -0.4 is 11.3 Å². The minimum Gasteiger partial charge on any atom is -0.480 e. The second kappa shape index (κ2) is 4.00. The number of aliphatic carboxylic acids is 1. The first-order chi connectivity index (χ1) is 7.25. The molecular weight excluding hydrogens is 208 g/mol. The van der Waals surface area contributed by atoms with Gasteiger partial charge < -0.3 is 10.8 Å². The third-order valence-corrected chi connectivity index (χ3v) is 2.34. The molecule has 1 atom stereocenters. The summed E-state index contributed by atoms with van der Waals surface area (Å²) in [7, 11) is 0. The first-order valence-electron chi connectivity index (χ1n) is 4.94. The maximum Gasteiger partial charge on any atom is 0.327 e. The van der Waals surface area contributed by atoms with E-state index in [-0.39, 0.29) is 5.69 Å². The molecule has 0 aliphatic heterocycles. The van der Waals surface area contributed by atoms with E-state index in [1.807, 2.05) is 0 Å². The van der Waals surface area contributed by atoms with Gasteiger partial charge in [-0.15, -0.1) is 0 Å². The van der Waals surface area contributed by atoms with Crippen molar-refractivity contribution in [2.45, 2.75) is 26.8 Å². The molecule has 0 bridgehead atoms. The summed E-state index contributed by atoms with van der Waals surface area (Å²) in [6, 6.07) is 2.10. The van der Waals surface area contributed by atoms with Gasteiger partial charge in [-0.1, -0.05) is 20.8 Å². The average molecular weight is 224 g/mol. The summed E-state index contributed by atoms with van der Waals surface area (Å²) in [5.74, 6) is -1.04. The zero-order chi connectivity index (χ0) is 12.5. The quantitative estimate of drug-likeness (QED) is 0.787. The number of carboxylic acids is 1. The van der Waals surface area contributed by atoms with Crippen molar-refractivity contribution >= 4 is 11.7 Å². The van der Waals surface area contributed by atoms with Crippen molar-refractivity contribution in [2.24, 2.45) is 5.41 Å². The van der Waals surface area contributed by atoms with E-state index in [9.17, 15) is 14.7 Å². The highest BCUT2D eigenvalue weighted by Gasteiger charge is 2.33. The first kappa shape index (κ1) is 12.3. The topological polar surface area (TPSA) is 85.3 Å². The van der Waals surface area contributed by atoms with Crippen molar-refractivity contribution in [3.05, 3.63) is 28.7 Å². The minimum absolute atomic E-state index is 0.0537. The Kier molecular flexibility index (Phi) is 3.07. The Morgan fingerprint density at radius 1 is 1.50 bits per heavy atom. The van der Waals surface area contributed by atoms with Gasteiger partial charge >= 0.3 is 5.97 Å². The molecule has 0 aliphatic carbocycles. The van der Waals surface area contributed by atoms with E-state index in [4.69, 9.17) is 5.73 Å². The summed E-state index contributed by atoms with van der Waals surface area (Å²) < 4.78 is 1.16. The standard InChI is InChI=1S/C11H16N2O3/c1-11(2,3)8(10(15)16)13-6-4-5-7(12)9(13)14/h4-6,8H,12H2,1-3H3,(H,15,16). The second-order valence-corrected chi connectivity index (χ2v) is 4.78. The SMILES string of the molecule is CC(C)(C)C(C(=O)O)n1cccc(N)c1=O. The molecule has 0 fully saturated rings. The number of anilines is 1. The van der Waals surface area contributed by atoms with Crippen LogP contribution in [0.3, 0.4) is 0 Å². The number of nitrogens with zero attached hydrogens (tertiary/aromatic N) is 1. The van der Waals surface area contributed by atoms with E-state index in [0.29, 0.717) is 0 Å². The van der Waals surface area contributed by atoms with E-state index in [1.54, 1.807) is 26.8 Å². The largest absolute Gasteiger partial charge is 0.480 e. The van der Waals surface area contributed by atoms with E-state index in [2.05, 4.69) is 0 Å². The maximum absolute atomic E-state index is 11.7. The molecular formula is C11H16N2O3. The fourth-order valence-corrected chi connectivity index (χ4v) is 1.64. The van der Waals surface area contributed by atoms with Crippen LogP contribution in [0.4, 0.5) is 5.69 Å². The van der Waals surface area contributed by atoms with Crippen LogP contribution in [0.1, 0.15) is 26.8 Å². The summed E-state index contributed by atoms with van der Waals surface area (Å²) in [5, 5.41) is 9.18. The molecule has 1 heterocycles. The maximum atomic E-state index is 11.7. The molecule has 5 heteroatoms. The predicted octanol–water partition coefficient (Wildman–Crippen LogP) is 1.10.